The van der Waals surface area contributed by atoms with Gasteiger partial charge in [-0.3, -0.25) is 9.78 Å². The van der Waals surface area contributed by atoms with Crippen molar-refractivity contribution in [1.82, 2.24) is 9.88 Å². The number of aryl methyl sites for hydroxylation is 2. The van der Waals surface area contributed by atoms with Gasteiger partial charge in [-0.2, -0.15) is 21.6 Å². The molecule has 1 aliphatic heterocycles. The van der Waals surface area contributed by atoms with Crippen LogP contribution in [0.1, 0.15) is 68.9 Å². The van der Waals surface area contributed by atoms with Crippen LogP contribution in [0.15, 0.2) is 24.4 Å². The smallest absolute Gasteiger partial charge is 0.465 e. The number of carbonyl (C=O) groups is 2. The molecule has 0 unspecified atom stereocenters. The minimum Gasteiger partial charge on any atom is -0.465 e. The van der Waals surface area contributed by atoms with Gasteiger partial charge in [-0.25, -0.2) is 4.79 Å². The van der Waals surface area contributed by atoms with E-state index in [9.17, 15) is 31.2 Å². The molecule has 0 spiro atoms. The maximum Gasteiger partial charge on any atom is 0.534 e. The molecule has 0 saturated heterocycles. The topological polar surface area (TPSA) is 103 Å². The predicted octanol–water partition coefficient (Wildman–Crippen LogP) is 3.73. The Morgan fingerprint density at radius 2 is 1.97 bits per heavy atom. The zero-order valence-corrected chi connectivity index (χ0v) is 19.8. The number of carbonyl (C=O) groups excluding carboxylic acids is 2. The average Bonchev–Trinajstić information content (AvgIpc) is 2.82. The van der Waals surface area contributed by atoms with Crippen molar-refractivity contribution in [2.75, 3.05) is 13.7 Å². The maximum absolute atomic E-state index is 13.6. The number of alkyl halides is 3. The molecule has 2 heterocycles. The zero-order valence-electron chi connectivity index (χ0n) is 19.0. The summed E-state index contributed by atoms with van der Waals surface area (Å²) in [5.74, 6) is -2.19. The standard InChI is InChI=1S/C23H23F3N2O6S/c1-3-15-11-17-13(12-27-15)5-4-6-19(17)28-8-7-16-18(21(28)29)9-14(22(30)33-2)10-20(16)34-35(31,32)23(24,25)26/h9-12,19H,3-8H2,1-2H3/t19-/m0/s1. The van der Waals surface area contributed by atoms with Crippen LogP contribution in [0.2, 0.25) is 0 Å². The Bertz CT molecular complexity index is 1290. The summed E-state index contributed by atoms with van der Waals surface area (Å²) in [6.45, 7) is 2.11. The second kappa shape index (κ2) is 9.14. The van der Waals surface area contributed by atoms with E-state index in [1.807, 2.05) is 19.2 Å². The number of esters is 1. The number of hydrogen-bond donors (Lipinski definition) is 0. The Hall–Kier alpha value is -3.15. The highest BCUT2D eigenvalue weighted by molar-refractivity contribution is 7.88. The van der Waals surface area contributed by atoms with E-state index < -0.39 is 33.3 Å². The van der Waals surface area contributed by atoms with E-state index in [2.05, 4.69) is 13.9 Å². The largest absolute Gasteiger partial charge is 0.534 e. The summed E-state index contributed by atoms with van der Waals surface area (Å²) in [7, 11) is -4.96. The number of ether oxygens (including phenoxy) is 1. The first-order valence-electron chi connectivity index (χ1n) is 11.0. The number of aromatic nitrogens is 1. The SMILES string of the molecule is CCc1cc2c(cn1)CCC[C@@H]2N1CCc2c(OS(=O)(=O)C(F)(F)F)cc(C(=O)OC)cc2C1=O. The zero-order chi connectivity index (χ0) is 25.5. The second-order valence-electron chi connectivity index (χ2n) is 8.36. The molecule has 2 aliphatic rings. The van der Waals surface area contributed by atoms with Gasteiger partial charge in [0.25, 0.3) is 5.91 Å². The van der Waals surface area contributed by atoms with Gasteiger partial charge < -0.3 is 13.8 Å². The first kappa shape index (κ1) is 25.0. The molecule has 1 aliphatic carbocycles. The van der Waals surface area contributed by atoms with Crippen molar-refractivity contribution in [3.8, 4) is 5.75 Å². The monoisotopic (exact) mass is 512 g/mol. The molecule has 1 aromatic carbocycles. The van der Waals surface area contributed by atoms with Crippen LogP contribution in [0.3, 0.4) is 0 Å². The van der Waals surface area contributed by atoms with Gasteiger partial charge in [-0.05, 0) is 61.4 Å². The Kier molecular flexibility index (Phi) is 6.52. The van der Waals surface area contributed by atoms with Crippen LogP contribution in [-0.2, 0) is 34.1 Å². The normalized spacial score (nSPS) is 18.0. The lowest BCUT2D eigenvalue weighted by Gasteiger charge is -2.39. The van der Waals surface area contributed by atoms with E-state index >= 15 is 0 Å². The number of amides is 1. The summed E-state index contributed by atoms with van der Waals surface area (Å²) >= 11 is 0. The van der Waals surface area contributed by atoms with Crippen molar-refractivity contribution in [3.63, 3.8) is 0 Å². The molecule has 1 aromatic heterocycles. The lowest BCUT2D eigenvalue weighted by molar-refractivity contribution is -0.0500. The van der Waals surface area contributed by atoms with Gasteiger partial charge >= 0.3 is 21.6 Å². The Morgan fingerprint density at radius 1 is 1.23 bits per heavy atom. The summed E-state index contributed by atoms with van der Waals surface area (Å²) in [5.41, 5.74) is -3.20. The van der Waals surface area contributed by atoms with E-state index in [4.69, 9.17) is 0 Å². The number of rotatable bonds is 5. The third kappa shape index (κ3) is 4.58. The summed E-state index contributed by atoms with van der Waals surface area (Å²) in [6, 6.07) is 3.75. The van der Waals surface area contributed by atoms with Gasteiger partial charge in [0.15, 0.2) is 0 Å². The third-order valence-electron chi connectivity index (χ3n) is 6.31. The number of hydrogen-bond acceptors (Lipinski definition) is 7. The molecule has 0 N–H and O–H groups in total. The molecule has 0 radical (unpaired) electrons. The van der Waals surface area contributed by atoms with Crippen molar-refractivity contribution >= 4 is 22.0 Å². The van der Waals surface area contributed by atoms with Gasteiger partial charge in [-0.1, -0.05) is 6.92 Å². The lowest BCUT2D eigenvalue weighted by Crippen LogP contribution is -2.42. The number of nitrogens with zero attached hydrogens (tertiary/aromatic N) is 2. The van der Waals surface area contributed by atoms with Crippen molar-refractivity contribution in [2.24, 2.45) is 0 Å². The fraction of sp³-hybridized carbons (Fsp3) is 0.435. The number of benzene rings is 1. The third-order valence-corrected chi connectivity index (χ3v) is 7.27. The van der Waals surface area contributed by atoms with Crippen molar-refractivity contribution in [2.45, 2.75) is 50.6 Å². The molecule has 0 fully saturated rings. The minimum absolute atomic E-state index is 0.00765. The quantitative estimate of drug-likeness (QED) is 0.342. The van der Waals surface area contributed by atoms with Crippen LogP contribution in [0.4, 0.5) is 13.2 Å². The van der Waals surface area contributed by atoms with Gasteiger partial charge in [0, 0.05) is 29.6 Å². The molecule has 1 atom stereocenters. The molecule has 35 heavy (non-hydrogen) atoms. The minimum atomic E-state index is -6.02. The van der Waals surface area contributed by atoms with Gasteiger partial charge in [0.1, 0.15) is 5.75 Å². The fourth-order valence-electron chi connectivity index (χ4n) is 4.58. The summed E-state index contributed by atoms with van der Waals surface area (Å²) in [5, 5.41) is 0. The first-order valence-corrected chi connectivity index (χ1v) is 12.4. The second-order valence-corrected chi connectivity index (χ2v) is 9.90. The van der Waals surface area contributed by atoms with Crippen molar-refractivity contribution < 1.29 is 40.1 Å². The molecule has 2 aromatic rings. The van der Waals surface area contributed by atoms with Crippen LogP contribution in [0, 0.1) is 0 Å². The number of fused-ring (bicyclic) bond motifs is 2. The summed E-state index contributed by atoms with van der Waals surface area (Å²) in [4.78, 5) is 31.8. The molecular weight excluding hydrogens is 489 g/mol. The Balaban J connectivity index is 1.78. The van der Waals surface area contributed by atoms with Crippen LogP contribution < -0.4 is 4.18 Å². The number of methoxy groups -OCH3 is 1. The Morgan fingerprint density at radius 3 is 2.63 bits per heavy atom. The highest BCUT2D eigenvalue weighted by atomic mass is 32.2. The van der Waals surface area contributed by atoms with E-state index in [-0.39, 0.29) is 35.7 Å². The van der Waals surface area contributed by atoms with Crippen molar-refractivity contribution in [1.29, 1.82) is 0 Å². The summed E-state index contributed by atoms with van der Waals surface area (Å²) < 4.78 is 71.3. The molecule has 12 heteroatoms. The van der Waals surface area contributed by atoms with E-state index in [1.165, 1.54) is 6.07 Å². The van der Waals surface area contributed by atoms with Gasteiger partial charge in [0.2, 0.25) is 0 Å². The fourth-order valence-corrected chi connectivity index (χ4v) is 5.06. The average molecular weight is 513 g/mol. The highest BCUT2D eigenvalue weighted by Gasteiger charge is 2.49. The summed E-state index contributed by atoms with van der Waals surface area (Å²) in [6.07, 6.45) is 4.90. The maximum atomic E-state index is 13.6. The van der Waals surface area contributed by atoms with E-state index in [0.717, 1.165) is 42.8 Å². The predicted molar refractivity (Wildman–Crippen MR) is 117 cm³/mol. The molecular formula is C23H23F3N2O6S. The molecule has 1 amide bonds. The van der Waals surface area contributed by atoms with Gasteiger partial charge in [-0.15, -0.1) is 0 Å². The number of halogens is 3. The molecule has 8 nitrogen and oxygen atoms in total. The van der Waals surface area contributed by atoms with Crippen LogP contribution >= 0.6 is 0 Å². The van der Waals surface area contributed by atoms with Crippen molar-refractivity contribution in [3.05, 3.63) is 57.9 Å². The lowest BCUT2D eigenvalue weighted by atomic mass is 9.85. The molecule has 188 valence electrons. The Labute approximate surface area is 200 Å². The highest BCUT2D eigenvalue weighted by Crippen LogP contribution is 2.40. The van der Waals surface area contributed by atoms with Gasteiger partial charge in [0.05, 0.1) is 18.7 Å². The molecule has 0 bridgehead atoms. The first-order chi connectivity index (χ1) is 16.5. The van der Waals surface area contributed by atoms with E-state index in [0.29, 0.717) is 12.8 Å². The molecule has 0 saturated carbocycles. The van der Waals surface area contributed by atoms with Crippen LogP contribution in [-0.4, -0.2) is 49.3 Å². The van der Waals surface area contributed by atoms with E-state index in [1.54, 1.807) is 4.90 Å². The number of pyridine rings is 1. The van der Waals surface area contributed by atoms with Crippen LogP contribution in [0.5, 0.6) is 5.75 Å². The molecule has 4 rings (SSSR count). The van der Waals surface area contributed by atoms with Crippen LogP contribution in [0.25, 0.3) is 0 Å².